The number of hydrogen-bond donors (Lipinski definition) is 3. The number of nitrogens with zero attached hydrogens (tertiary/aromatic N) is 3. The standard InChI is InChI=1S/C19H27N5O5S/c1-12(2)13-8-14(28-11-13)9-21-19-16(22-29-23-19)10-20-15-6-5-7-17(18(15)25)30(26,27)24(3)4/h5-8,12-13,20,25H,9-11H2,1-4H3,(H,21,23). The van der Waals surface area contributed by atoms with Gasteiger partial charge in [0.25, 0.3) is 0 Å². The summed E-state index contributed by atoms with van der Waals surface area (Å²) in [7, 11) is -0.968. The SMILES string of the molecule is CC(C)C1C=C(CNc2nonc2CNc2cccc(S(=O)(=O)N(C)C)c2O)OC1. The van der Waals surface area contributed by atoms with Crippen LogP contribution in [0.2, 0.25) is 0 Å². The van der Waals surface area contributed by atoms with Gasteiger partial charge in [0.1, 0.15) is 16.3 Å². The minimum atomic E-state index is -3.77. The van der Waals surface area contributed by atoms with Gasteiger partial charge in [-0.2, -0.15) is 0 Å². The summed E-state index contributed by atoms with van der Waals surface area (Å²) in [6.45, 7) is 5.60. The molecule has 0 aliphatic carbocycles. The van der Waals surface area contributed by atoms with Crippen LogP contribution in [0.1, 0.15) is 19.5 Å². The molecule has 0 amide bonds. The van der Waals surface area contributed by atoms with Crippen molar-refractivity contribution in [2.24, 2.45) is 11.8 Å². The van der Waals surface area contributed by atoms with Crippen LogP contribution in [0.15, 0.2) is 39.6 Å². The number of phenolic OH excluding ortho intramolecular Hbond substituents is 1. The number of rotatable bonds is 9. The highest BCUT2D eigenvalue weighted by Crippen LogP contribution is 2.32. The molecule has 1 atom stereocenters. The average Bonchev–Trinajstić information content (AvgIpc) is 3.34. The molecule has 0 radical (unpaired) electrons. The first-order valence-electron chi connectivity index (χ1n) is 9.57. The highest BCUT2D eigenvalue weighted by Gasteiger charge is 2.24. The fourth-order valence-corrected chi connectivity index (χ4v) is 3.91. The molecule has 0 bridgehead atoms. The van der Waals surface area contributed by atoms with Crippen molar-refractivity contribution in [3.8, 4) is 5.75 Å². The van der Waals surface area contributed by atoms with Gasteiger partial charge in [-0.25, -0.2) is 17.4 Å². The van der Waals surface area contributed by atoms with Gasteiger partial charge in [0, 0.05) is 20.0 Å². The Balaban J connectivity index is 1.66. The van der Waals surface area contributed by atoms with Gasteiger partial charge in [-0.3, -0.25) is 0 Å². The Kier molecular flexibility index (Phi) is 6.52. The van der Waals surface area contributed by atoms with Crippen molar-refractivity contribution in [1.29, 1.82) is 0 Å². The van der Waals surface area contributed by atoms with E-state index in [1.165, 1.54) is 20.2 Å². The van der Waals surface area contributed by atoms with Gasteiger partial charge in [-0.05, 0) is 29.3 Å². The van der Waals surface area contributed by atoms with Crippen LogP contribution < -0.4 is 10.6 Å². The van der Waals surface area contributed by atoms with Crippen LogP contribution in [0.5, 0.6) is 5.75 Å². The third-order valence-electron chi connectivity index (χ3n) is 4.91. The number of hydrogen-bond acceptors (Lipinski definition) is 9. The number of aromatic nitrogens is 2. The molecular weight excluding hydrogens is 410 g/mol. The van der Waals surface area contributed by atoms with Crippen LogP contribution in [-0.4, -0.2) is 55.4 Å². The van der Waals surface area contributed by atoms with E-state index in [0.29, 0.717) is 36.5 Å². The van der Waals surface area contributed by atoms with Crippen LogP contribution in [0.25, 0.3) is 0 Å². The van der Waals surface area contributed by atoms with Crippen LogP contribution in [0, 0.1) is 11.8 Å². The van der Waals surface area contributed by atoms with Crippen LogP contribution in [0.3, 0.4) is 0 Å². The molecule has 1 aromatic heterocycles. The smallest absolute Gasteiger partial charge is 0.246 e. The first-order valence-corrected chi connectivity index (χ1v) is 11.0. The Labute approximate surface area is 175 Å². The number of benzene rings is 1. The Morgan fingerprint density at radius 3 is 2.67 bits per heavy atom. The number of aromatic hydroxyl groups is 1. The molecule has 1 unspecified atom stereocenters. The third kappa shape index (κ3) is 4.68. The predicted octanol–water partition coefficient (Wildman–Crippen LogP) is 2.24. The van der Waals surface area contributed by atoms with Gasteiger partial charge in [-0.1, -0.05) is 25.1 Å². The summed E-state index contributed by atoms with van der Waals surface area (Å²) in [6, 6.07) is 4.47. The molecular formula is C19H27N5O5S. The monoisotopic (exact) mass is 437 g/mol. The Hall–Kier alpha value is -2.79. The van der Waals surface area contributed by atoms with E-state index in [4.69, 9.17) is 9.37 Å². The first-order chi connectivity index (χ1) is 14.2. The normalized spacial score (nSPS) is 16.6. The molecule has 3 rings (SSSR count). The molecule has 3 N–H and O–H groups in total. The molecule has 0 spiro atoms. The number of anilines is 2. The lowest BCUT2D eigenvalue weighted by molar-refractivity contribution is 0.200. The molecule has 0 fully saturated rings. The lowest BCUT2D eigenvalue weighted by Crippen LogP contribution is -2.22. The summed E-state index contributed by atoms with van der Waals surface area (Å²) in [5.41, 5.74) is 0.739. The van der Waals surface area contributed by atoms with Gasteiger partial charge >= 0.3 is 0 Å². The molecule has 1 aromatic carbocycles. The quantitative estimate of drug-likeness (QED) is 0.506. The summed E-state index contributed by atoms with van der Waals surface area (Å²) in [6.07, 6.45) is 2.11. The zero-order valence-corrected chi connectivity index (χ0v) is 18.2. The molecule has 0 saturated carbocycles. The van der Waals surface area contributed by atoms with E-state index in [2.05, 4.69) is 40.9 Å². The van der Waals surface area contributed by atoms with Crippen molar-refractivity contribution < 1.29 is 22.9 Å². The van der Waals surface area contributed by atoms with Crippen molar-refractivity contribution >= 4 is 21.5 Å². The Morgan fingerprint density at radius 1 is 1.23 bits per heavy atom. The minimum absolute atomic E-state index is 0.166. The van der Waals surface area contributed by atoms with Crippen molar-refractivity contribution in [3.05, 3.63) is 35.7 Å². The summed E-state index contributed by atoms with van der Waals surface area (Å²) in [5.74, 6) is 1.83. The van der Waals surface area contributed by atoms with Crippen LogP contribution in [0.4, 0.5) is 11.5 Å². The number of nitrogens with one attached hydrogen (secondary N) is 2. The van der Waals surface area contributed by atoms with E-state index in [1.54, 1.807) is 12.1 Å². The van der Waals surface area contributed by atoms with Crippen LogP contribution in [-0.2, 0) is 21.3 Å². The Bertz CT molecular complexity index is 1020. The molecule has 30 heavy (non-hydrogen) atoms. The molecule has 11 heteroatoms. The summed E-state index contributed by atoms with van der Waals surface area (Å²) < 4.78 is 36.2. The lowest BCUT2D eigenvalue weighted by Gasteiger charge is -2.15. The van der Waals surface area contributed by atoms with E-state index < -0.39 is 10.0 Å². The molecule has 1 aliphatic heterocycles. The van der Waals surface area contributed by atoms with Crippen molar-refractivity contribution in [2.75, 3.05) is 37.9 Å². The van der Waals surface area contributed by atoms with Gasteiger partial charge < -0.3 is 20.5 Å². The molecule has 0 saturated heterocycles. The molecule has 2 heterocycles. The molecule has 164 valence electrons. The minimum Gasteiger partial charge on any atom is -0.504 e. The summed E-state index contributed by atoms with van der Waals surface area (Å²) in [4.78, 5) is -0.181. The predicted molar refractivity (Wildman–Crippen MR) is 111 cm³/mol. The fourth-order valence-electron chi connectivity index (χ4n) is 2.91. The maximum atomic E-state index is 12.3. The topological polar surface area (TPSA) is 130 Å². The van der Waals surface area contributed by atoms with Crippen molar-refractivity contribution in [2.45, 2.75) is 25.3 Å². The fraction of sp³-hybridized carbons (Fsp3) is 0.474. The summed E-state index contributed by atoms with van der Waals surface area (Å²) >= 11 is 0. The van der Waals surface area contributed by atoms with Crippen LogP contribution >= 0.6 is 0 Å². The molecule has 2 aromatic rings. The first kappa shape index (κ1) is 21.9. The second kappa shape index (κ2) is 8.92. The number of ether oxygens (including phenoxy) is 1. The van der Waals surface area contributed by atoms with Gasteiger partial charge in [0.2, 0.25) is 10.0 Å². The number of sulfonamides is 1. The van der Waals surface area contributed by atoms with Gasteiger partial charge in [0.15, 0.2) is 11.6 Å². The van der Waals surface area contributed by atoms with E-state index >= 15 is 0 Å². The van der Waals surface area contributed by atoms with Crippen molar-refractivity contribution in [3.63, 3.8) is 0 Å². The maximum Gasteiger partial charge on any atom is 0.246 e. The number of phenols is 1. The van der Waals surface area contributed by atoms with Gasteiger partial charge in [-0.15, -0.1) is 0 Å². The molecule has 1 aliphatic rings. The highest BCUT2D eigenvalue weighted by molar-refractivity contribution is 7.89. The Morgan fingerprint density at radius 2 is 2.00 bits per heavy atom. The largest absolute Gasteiger partial charge is 0.504 e. The third-order valence-corrected chi connectivity index (χ3v) is 6.75. The van der Waals surface area contributed by atoms with E-state index in [9.17, 15) is 13.5 Å². The zero-order valence-electron chi connectivity index (χ0n) is 17.4. The lowest BCUT2D eigenvalue weighted by atomic mass is 9.97. The highest BCUT2D eigenvalue weighted by atomic mass is 32.2. The second-order valence-electron chi connectivity index (χ2n) is 7.56. The zero-order chi connectivity index (χ0) is 21.9. The maximum absolute atomic E-state index is 12.3. The van der Waals surface area contributed by atoms with E-state index in [-0.39, 0.29) is 22.9 Å². The van der Waals surface area contributed by atoms with E-state index in [1.807, 2.05) is 0 Å². The molecule has 10 nitrogen and oxygen atoms in total. The van der Waals surface area contributed by atoms with Gasteiger partial charge in [0.05, 0.1) is 25.4 Å². The van der Waals surface area contributed by atoms with Crippen molar-refractivity contribution in [1.82, 2.24) is 14.6 Å². The second-order valence-corrected chi connectivity index (χ2v) is 9.68. The summed E-state index contributed by atoms with van der Waals surface area (Å²) in [5, 5.41) is 24.3. The van der Waals surface area contributed by atoms with E-state index in [0.717, 1.165) is 10.1 Å². The average molecular weight is 438 g/mol. The number of para-hydroxylation sites is 1.